The van der Waals surface area contributed by atoms with Crippen LogP contribution in [0.4, 0.5) is 0 Å². The molecule has 2 aromatic rings. The highest BCUT2D eigenvalue weighted by Crippen LogP contribution is 2.26. The Kier molecular flexibility index (Phi) is 6.38. The molecule has 1 fully saturated rings. The molecule has 1 aliphatic rings. The normalized spacial score (nSPS) is 16.6. The fourth-order valence-electron chi connectivity index (χ4n) is 2.99. The maximum absolute atomic E-state index is 11.9. The lowest BCUT2D eigenvalue weighted by atomic mass is 10.0. The van der Waals surface area contributed by atoms with Gasteiger partial charge in [-0.15, -0.1) is 0 Å². The number of ether oxygens (including phenoxy) is 2. The van der Waals surface area contributed by atoms with E-state index in [1.165, 1.54) is 6.21 Å². The Morgan fingerprint density at radius 1 is 1.26 bits per heavy atom. The van der Waals surface area contributed by atoms with E-state index in [9.17, 15) is 9.59 Å². The van der Waals surface area contributed by atoms with Crippen LogP contribution in [0.15, 0.2) is 41.5 Å². The molecule has 2 amide bonds. The van der Waals surface area contributed by atoms with Gasteiger partial charge in [-0.3, -0.25) is 9.59 Å². The van der Waals surface area contributed by atoms with Crippen molar-refractivity contribution < 1.29 is 19.1 Å². The molecule has 0 radical (unpaired) electrons. The summed E-state index contributed by atoms with van der Waals surface area (Å²) in [5.41, 5.74) is 3.01. The zero-order valence-electron chi connectivity index (χ0n) is 15.2. The summed E-state index contributed by atoms with van der Waals surface area (Å²) in [6, 6.07) is 11.6. The van der Waals surface area contributed by atoms with Gasteiger partial charge in [0.05, 0.1) is 18.9 Å². The third-order valence-corrected chi connectivity index (χ3v) is 4.31. The number of hydrazone groups is 1. The summed E-state index contributed by atoms with van der Waals surface area (Å²) in [5.74, 6) is -0.884. The summed E-state index contributed by atoms with van der Waals surface area (Å²) in [6.45, 7) is 3.44. The quantitative estimate of drug-likeness (QED) is 0.463. The van der Waals surface area contributed by atoms with Gasteiger partial charge in [-0.2, -0.15) is 5.10 Å². The van der Waals surface area contributed by atoms with Gasteiger partial charge in [-0.25, -0.2) is 5.43 Å². The molecule has 0 unspecified atom stereocenters. The van der Waals surface area contributed by atoms with Crippen LogP contribution < -0.4 is 15.5 Å². The van der Waals surface area contributed by atoms with Crippen molar-refractivity contribution in [1.82, 2.24) is 10.7 Å². The van der Waals surface area contributed by atoms with Gasteiger partial charge in [0, 0.05) is 18.7 Å². The van der Waals surface area contributed by atoms with Crippen LogP contribution in [-0.2, 0) is 14.3 Å². The van der Waals surface area contributed by atoms with Gasteiger partial charge in [-0.1, -0.05) is 30.3 Å². The van der Waals surface area contributed by atoms with E-state index >= 15 is 0 Å². The first-order valence-electron chi connectivity index (χ1n) is 9.06. The van der Waals surface area contributed by atoms with Gasteiger partial charge in [0.15, 0.2) is 0 Å². The second kappa shape index (κ2) is 9.14. The number of nitrogens with one attached hydrogen (secondary N) is 2. The van der Waals surface area contributed by atoms with E-state index < -0.39 is 11.8 Å². The van der Waals surface area contributed by atoms with Crippen LogP contribution in [0.5, 0.6) is 5.75 Å². The average Bonchev–Trinajstić information content (AvgIpc) is 3.21. The second-order valence-electron chi connectivity index (χ2n) is 6.18. The fraction of sp³-hybridized carbons (Fsp3) is 0.350. The number of carbonyl (C=O) groups is 2. The van der Waals surface area contributed by atoms with Crippen LogP contribution in [-0.4, -0.2) is 43.9 Å². The van der Waals surface area contributed by atoms with Gasteiger partial charge in [0.25, 0.3) is 0 Å². The lowest BCUT2D eigenvalue weighted by Gasteiger charge is -2.10. The van der Waals surface area contributed by atoms with Crippen LogP contribution >= 0.6 is 0 Å². The van der Waals surface area contributed by atoms with Crippen LogP contribution in [0.3, 0.4) is 0 Å². The Labute approximate surface area is 157 Å². The Morgan fingerprint density at radius 2 is 2.11 bits per heavy atom. The number of rotatable bonds is 6. The number of amides is 2. The number of fused-ring (bicyclic) bond motifs is 1. The first-order chi connectivity index (χ1) is 13.2. The smallest absolute Gasteiger partial charge is 0.329 e. The molecule has 2 aromatic carbocycles. The topological polar surface area (TPSA) is 89.0 Å². The molecule has 27 heavy (non-hydrogen) atoms. The average molecular weight is 369 g/mol. The van der Waals surface area contributed by atoms with Gasteiger partial charge in [0.2, 0.25) is 0 Å². The zero-order valence-corrected chi connectivity index (χ0v) is 15.2. The maximum Gasteiger partial charge on any atom is 0.329 e. The fourth-order valence-corrected chi connectivity index (χ4v) is 2.99. The molecule has 0 aliphatic carbocycles. The van der Waals surface area contributed by atoms with Crippen molar-refractivity contribution in [3.8, 4) is 5.75 Å². The Balaban J connectivity index is 1.65. The number of carbonyl (C=O) groups excluding carboxylic acids is 2. The van der Waals surface area contributed by atoms with Crippen molar-refractivity contribution in [3.05, 3.63) is 42.0 Å². The van der Waals surface area contributed by atoms with Gasteiger partial charge < -0.3 is 14.8 Å². The van der Waals surface area contributed by atoms with Crippen molar-refractivity contribution in [2.24, 2.45) is 5.10 Å². The SMILES string of the molecule is CCOc1ccc2ccccc2c1/C=N\NC(=O)C(=O)NC[C@H]1CCCO1. The molecule has 3 rings (SSSR count). The molecular formula is C20H23N3O4. The summed E-state index contributed by atoms with van der Waals surface area (Å²) in [6.07, 6.45) is 3.35. The molecular weight excluding hydrogens is 346 g/mol. The second-order valence-corrected chi connectivity index (χ2v) is 6.18. The van der Waals surface area contributed by atoms with E-state index in [2.05, 4.69) is 15.8 Å². The minimum absolute atomic E-state index is 0.0188. The van der Waals surface area contributed by atoms with Crippen LogP contribution in [0, 0.1) is 0 Å². The van der Waals surface area contributed by atoms with Crippen LogP contribution in [0.2, 0.25) is 0 Å². The first-order valence-corrected chi connectivity index (χ1v) is 9.06. The third kappa shape index (κ3) is 4.83. The highest BCUT2D eigenvalue weighted by Gasteiger charge is 2.19. The summed E-state index contributed by atoms with van der Waals surface area (Å²) in [7, 11) is 0. The van der Waals surface area contributed by atoms with E-state index in [1.54, 1.807) is 0 Å². The van der Waals surface area contributed by atoms with Crippen molar-refractivity contribution in [1.29, 1.82) is 0 Å². The summed E-state index contributed by atoms with van der Waals surface area (Å²) >= 11 is 0. The predicted molar refractivity (Wildman–Crippen MR) is 103 cm³/mol. The molecule has 1 aliphatic heterocycles. The highest BCUT2D eigenvalue weighted by atomic mass is 16.5. The molecule has 0 spiro atoms. The molecule has 1 heterocycles. The number of nitrogens with zero attached hydrogens (tertiary/aromatic N) is 1. The van der Waals surface area contributed by atoms with Gasteiger partial charge >= 0.3 is 11.8 Å². The van der Waals surface area contributed by atoms with Crippen LogP contribution in [0.25, 0.3) is 10.8 Å². The van der Waals surface area contributed by atoms with Gasteiger partial charge in [0.1, 0.15) is 5.75 Å². The monoisotopic (exact) mass is 369 g/mol. The molecule has 1 saturated heterocycles. The zero-order chi connectivity index (χ0) is 19.1. The lowest BCUT2D eigenvalue weighted by molar-refractivity contribution is -0.139. The number of benzene rings is 2. The predicted octanol–water partition coefficient (Wildman–Crippen LogP) is 1.98. The molecule has 0 bridgehead atoms. The Morgan fingerprint density at radius 3 is 2.89 bits per heavy atom. The molecule has 2 N–H and O–H groups in total. The first kappa shape index (κ1) is 18.8. The number of hydrogen-bond acceptors (Lipinski definition) is 5. The minimum Gasteiger partial charge on any atom is -0.493 e. The molecule has 1 atom stereocenters. The standard InChI is InChI=1S/C20H23N3O4/c1-2-26-18-10-9-14-6-3-4-8-16(14)17(18)13-22-23-20(25)19(24)21-12-15-7-5-11-27-15/h3-4,6,8-10,13,15H,2,5,7,11-12H2,1H3,(H,21,24)(H,23,25)/b22-13-/t15-/m1/s1. The highest BCUT2D eigenvalue weighted by molar-refractivity contribution is 6.35. The molecule has 0 saturated carbocycles. The van der Waals surface area contributed by atoms with E-state index in [0.29, 0.717) is 25.5 Å². The van der Waals surface area contributed by atoms with Crippen molar-refractivity contribution >= 4 is 28.8 Å². The molecule has 7 nitrogen and oxygen atoms in total. The molecule has 142 valence electrons. The molecule has 0 aromatic heterocycles. The number of hydrogen-bond donors (Lipinski definition) is 2. The summed E-state index contributed by atoms with van der Waals surface area (Å²) in [5, 5.41) is 8.48. The van der Waals surface area contributed by atoms with Crippen LogP contribution in [0.1, 0.15) is 25.3 Å². The van der Waals surface area contributed by atoms with Crippen molar-refractivity contribution in [3.63, 3.8) is 0 Å². The summed E-state index contributed by atoms with van der Waals surface area (Å²) < 4.78 is 11.1. The maximum atomic E-state index is 11.9. The van der Waals surface area contributed by atoms with E-state index in [1.807, 2.05) is 43.3 Å². The molecule has 7 heteroatoms. The van der Waals surface area contributed by atoms with Crippen molar-refractivity contribution in [2.75, 3.05) is 19.8 Å². The summed E-state index contributed by atoms with van der Waals surface area (Å²) in [4.78, 5) is 23.7. The van der Waals surface area contributed by atoms with Gasteiger partial charge in [-0.05, 0) is 36.6 Å². The Bertz CT molecular complexity index is 844. The van der Waals surface area contributed by atoms with E-state index in [0.717, 1.165) is 29.2 Å². The lowest BCUT2D eigenvalue weighted by Crippen LogP contribution is -2.41. The van der Waals surface area contributed by atoms with Crippen molar-refractivity contribution in [2.45, 2.75) is 25.9 Å². The third-order valence-electron chi connectivity index (χ3n) is 4.31. The van der Waals surface area contributed by atoms with E-state index in [-0.39, 0.29) is 6.10 Å². The van der Waals surface area contributed by atoms with E-state index in [4.69, 9.17) is 9.47 Å². The Hall–Kier alpha value is -2.93. The minimum atomic E-state index is -0.817. The largest absolute Gasteiger partial charge is 0.493 e.